The van der Waals surface area contributed by atoms with Crippen molar-refractivity contribution in [3.63, 3.8) is 0 Å². The van der Waals surface area contributed by atoms with Crippen LogP contribution in [0.1, 0.15) is 50.5 Å². The second kappa shape index (κ2) is 9.05. The average molecular weight is 403 g/mol. The molecule has 3 atom stereocenters. The third-order valence-electron chi connectivity index (χ3n) is 5.86. The fourth-order valence-electron chi connectivity index (χ4n) is 4.07. The Bertz CT molecular complexity index is 760. The van der Waals surface area contributed by atoms with Crippen LogP contribution in [0.25, 0.3) is 0 Å². The van der Waals surface area contributed by atoms with E-state index >= 15 is 0 Å². The second-order valence-corrected chi connectivity index (χ2v) is 7.74. The highest BCUT2D eigenvalue weighted by Crippen LogP contribution is 2.42. The van der Waals surface area contributed by atoms with E-state index in [2.05, 4.69) is 5.32 Å². The first kappa shape index (κ1) is 20.0. The molecular weight excluding hydrogens is 374 g/mol. The number of carbonyl (C=O) groups is 1. The lowest BCUT2D eigenvalue weighted by atomic mass is 9.80. The molecule has 0 saturated heterocycles. The van der Waals surface area contributed by atoms with Gasteiger partial charge in [-0.05, 0) is 62.8 Å². The predicted octanol–water partition coefficient (Wildman–Crippen LogP) is 2.83. The van der Waals surface area contributed by atoms with Gasteiger partial charge in [-0.1, -0.05) is 6.07 Å². The lowest BCUT2D eigenvalue weighted by Crippen LogP contribution is -2.43. The van der Waals surface area contributed by atoms with E-state index in [0.717, 1.165) is 30.6 Å². The van der Waals surface area contributed by atoms with E-state index in [9.17, 15) is 9.90 Å². The van der Waals surface area contributed by atoms with Crippen LogP contribution in [0.15, 0.2) is 30.0 Å². The Morgan fingerprint density at radius 2 is 2.10 bits per heavy atom. The predicted molar refractivity (Wildman–Crippen MR) is 105 cm³/mol. The molecule has 0 bridgehead atoms. The zero-order valence-corrected chi connectivity index (χ0v) is 16.8. The maximum Gasteiger partial charge on any atom is 0.286 e. The summed E-state index contributed by atoms with van der Waals surface area (Å²) in [6, 6.07) is 6.09. The first-order chi connectivity index (χ1) is 14.2. The molecule has 0 aromatic heterocycles. The lowest BCUT2D eigenvalue weighted by Gasteiger charge is -2.37. The van der Waals surface area contributed by atoms with E-state index in [0.29, 0.717) is 31.0 Å². The van der Waals surface area contributed by atoms with Crippen LogP contribution in [0.5, 0.6) is 11.5 Å². The Hall–Kier alpha value is -2.25. The minimum absolute atomic E-state index is 0.0253. The lowest BCUT2D eigenvalue weighted by molar-refractivity contribution is -0.167. The van der Waals surface area contributed by atoms with Crippen LogP contribution in [-0.2, 0) is 14.3 Å². The number of benzene rings is 1. The molecule has 29 heavy (non-hydrogen) atoms. The van der Waals surface area contributed by atoms with Crippen molar-refractivity contribution in [1.82, 2.24) is 5.32 Å². The normalized spacial score (nSPS) is 25.7. The van der Waals surface area contributed by atoms with Crippen LogP contribution >= 0.6 is 0 Å². The van der Waals surface area contributed by atoms with Gasteiger partial charge in [-0.3, -0.25) is 4.79 Å². The summed E-state index contributed by atoms with van der Waals surface area (Å²) in [5, 5.41) is 12.4. The van der Waals surface area contributed by atoms with E-state index in [-0.39, 0.29) is 37.2 Å². The summed E-state index contributed by atoms with van der Waals surface area (Å²) in [5.41, 5.74) is 1.01. The van der Waals surface area contributed by atoms with Gasteiger partial charge in [-0.2, -0.15) is 0 Å². The summed E-state index contributed by atoms with van der Waals surface area (Å²) in [7, 11) is 0. The van der Waals surface area contributed by atoms with E-state index < -0.39 is 6.29 Å². The standard InChI is InChI=1S/C22H29NO6/c1-2-26-22-16(7-4-10-24)17(14-8-9-18-19(11-14)28-13-27-18)12-20(29-22)21(25)23-15-5-3-6-15/h8-9,11-12,15-17,22,24H,2-7,10,13H2,1H3,(H,23,25)/t16-,17-,22-/m1/s1. The topological polar surface area (TPSA) is 86.3 Å². The van der Waals surface area contributed by atoms with Crippen molar-refractivity contribution >= 4 is 5.91 Å². The number of hydrogen-bond donors (Lipinski definition) is 2. The molecule has 0 unspecified atom stereocenters. The van der Waals surface area contributed by atoms with Gasteiger partial charge < -0.3 is 29.4 Å². The van der Waals surface area contributed by atoms with Gasteiger partial charge in [-0.25, -0.2) is 0 Å². The number of aliphatic hydroxyl groups excluding tert-OH is 1. The highest BCUT2D eigenvalue weighted by Gasteiger charge is 2.38. The SMILES string of the molecule is CCO[C@@H]1OC(C(=O)NC2CCC2)=C[C@H](c2ccc3c(c2)OCO3)[C@H]1CCCO. The number of rotatable bonds is 8. The summed E-state index contributed by atoms with van der Waals surface area (Å²) in [6.45, 7) is 2.70. The maximum atomic E-state index is 12.8. The van der Waals surface area contributed by atoms with Crippen LogP contribution in [0.3, 0.4) is 0 Å². The highest BCUT2D eigenvalue weighted by molar-refractivity contribution is 5.92. The quantitative estimate of drug-likeness (QED) is 0.694. The summed E-state index contributed by atoms with van der Waals surface area (Å²) in [6.07, 6.45) is 5.87. The van der Waals surface area contributed by atoms with Crippen LogP contribution in [-0.4, -0.2) is 43.4 Å². The molecule has 2 heterocycles. The zero-order valence-electron chi connectivity index (χ0n) is 16.8. The van der Waals surface area contributed by atoms with E-state index in [1.807, 2.05) is 31.2 Å². The van der Waals surface area contributed by atoms with Crippen molar-refractivity contribution in [3.8, 4) is 11.5 Å². The van der Waals surface area contributed by atoms with Gasteiger partial charge in [0.15, 0.2) is 17.3 Å². The van der Waals surface area contributed by atoms with Gasteiger partial charge in [0.05, 0.1) is 0 Å². The number of aliphatic hydroxyl groups is 1. The number of hydrogen-bond acceptors (Lipinski definition) is 6. The number of amides is 1. The van der Waals surface area contributed by atoms with Crippen molar-refractivity contribution in [2.75, 3.05) is 20.0 Å². The fraction of sp³-hybridized carbons (Fsp3) is 0.591. The third-order valence-corrected chi connectivity index (χ3v) is 5.86. The van der Waals surface area contributed by atoms with Gasteiger partial charge in [0.25, 0.3) is 5.91 Å². The van der Waals surface area contributed by atoms with Crippen molar-refractivity contribution in [1.29, 1.82) is 0 Å². The third kappa shape index (κ3) is 4.36. The molecule has 1 aromatic carbocycles. The number of fused-ring (bicyclic) bond motifs is 1. The Balaban J connectivity index is 1.64. The smallest absolute Gasteiger partial charge is 0.286 e. The summed E-state index contributed by atoms with van der Waals surface area (Å²) >= 11 is 0. The molecule has 4 rings (SSSR count). The van der Waals surface area contributed by atoms with Gasteiger partial charge in [0.1, 0.15) is 0 Å². The van der Waals surface area contributed by atoms with Crippen molar-refractivity contribution in [3.05, 3.63) is 35.6 Å². The van der Waals surface area contributed by atoms with Gasteiger partial charge in [0.2, 0.25) is 13.1 Å². The molecule has 1 aliphatic carbocycles. The molecule has 1 amide bonds. The van der Waals surface area contributed by atoms with Crippen LogP contribution in [0.2, 0.25) is 0 Å². The van der Waals surface area contributed by atoms with Crippen LogP contribution in [0.4, 0.5) is 0 Å². The Labute approximate surface area is 171 Å². The van der Waals surface area contributed by atoms with E-state index in [1.165, 1.54) is 0 Å². The molecule has 7 nitrogen and oxygen atoms in total. The first-order valence-electron chi connectivity index (χ1n) is 10.5. The summed E-state index contributed by atoms with van der Waals surface area (Å²) in [4.78, 5) is 12.8. The van der Waals surface area contributed by atoms with Gasteiger partial charge in [0, 0.05) is 31.1 Å². The maximum absolute atomic E-state index is 12.8. The molecular formula is C22H29NO6. The monoisotopic (exact) mass is 403 g/mol. The van der Waals surface area contributed by atoms with E-state index in [4.69, 9.17) is 18.9 Å². The minimum Gasteiger partial charge on any atom is -0.459 e. The molecule has 2 aliphatic heterocycles. The number of nitrogens with one attached hydrogen (secondary N) is 1. The zero-order chi connectivity index (χ0) is 20.2. The number of ether oxygens (including phenoxy) is 4. The van der Waals surface area contributed by atoms with Crippen LogP contribution < -0.4 is 14.8 Å². The first-order valence-corrected chi connectivity index (χ1v) is 10.5. The summed E-state index contributed by atoms with van der Waals surface area (Å²) in [5.74, 6) is 1.42. The van der Waals surface area contributed by atoms with Gasteiger partial charge in [-0.15, -0.1) is 0 Å². The van der Waals surface area contributed by atoms with Crippen LogP contribution in [0, 0.1) is 5.92 Å². The molecule has 1 saturated carbocycles. The molecule has 0 radical (unpaired) electrons. The minimum atomic E-state index is -0.547. The second-order valence-electron chi connectivity index (χ2n) is 7.74. The molecule has 3 aliphatic rings. The summed E-state index contributed by atoms with van der Waals surface area (Å²) < 4.78 is 22.9. The fourth-order valence-corrected chi connectivity index (χ4v) is 4.07. The molecule has 2 N–H and O–H groups in total. The van der Waals surface area contributed by atoms with Gasteiger partial charge >= 0.3 is 0 Å². The van der Waals surface area contributed by atoms with Crippen molar-refractivity contribution in [2.24, 2.45) is 5.92 Å². The Morgan fingerprint density at radius 1 is 1.28 bits per heavy atom. The molecule has 7 heteroatoms. The Morgan fingerprint density at radius 3 is 2.83 bits per heavy atom. The molecule has 1 fully saturated rings. The molecule has 1 aromatic rings. The Kier molecular flexibility index (Phi) is 6.25. The highest BCUT2D eigenvalue weighted by atomic mass is 16.7. The van der Waals surface area contributed by atoms with Crippen molar-refractivity contribution < 1.29 is 28.8 Å². The number of carbonyl (C=O) groups excluding carboxylic acids is 1. The van der Waals surface area contributed by atoms with E-state index in [1.54, 1.807) is 0 Å². The molecule has 0 spiro atoms. The molecule has 158 valence electrons. The largest absolute Gasteiger partial charge is 0.459 e. The average Bonchev–Trinajstić information content (AvgIpc) is 3.17. The number of allylic oxidation sites excluding steroid dienone is 1. The van der Waals surface area contributed by atoms with Crippen molar-refractivity contribution in [2.45, 2.75) is 57.3 Å².